The lowest BCUT2D eigenvalue weighted by molar-refractivity contribution is -0.438. The summed E-state index contributed by atoms with van der Waals surface area (Å²) in [7, 11) is -23.8. The van der Waals surface area contributed by atoms with Crippen LogP contribution in [0.4, 0.5) is 11.4 Å². The Morgan fingerprint density at radius 1 is 0.678 bits per heavy atom. The molecule has 87 heavy (non-hydrogen) atoms. The standard InChI is InChI=1S/C55H67N3O24S5/c1-36(9-15-47-54(2,3)52-41-32-37(84(65,66)67)34-45(86(71,72)73)39(41)11-13-43(52)56(47)20-6-8-51(61)82-58-49(59)17-18-50(58)60)10-16-48-55(4,19-7-31-83(62,63)64)53-42-33-38(85(68,69)70)35-46(87(74,75)76)40(42)12-14-44(53)57(48)21-22-78-25-26-80-29-30-81-28-27-79-24-23-77-5/h9-16,32-35H,6-8,17-31H2,1-5H3,(H4-,62,63,64,65,66,67,68,69,70,71,72,73,74,75,76). The first-order valence-corrected chi connectivity index (χ1v) is 34.4. The molecule has 4 aromatic rings. The number of allylic oxidation sites excluding steroid dienone is 6. The number of carbonyl (C=O) groups is 3. The minimum atomic E-state index is -5.36. The van der Waals surface area contributed by atoms with Crippen molar-refractivity contribution in [3.8, 4) is 0 Å². The van der Waals surface area contributed by atoms with Gasteiger partial charge in [0, 0.05) is 78.2 Å². The van der Waals surface area contributed by atoms with Crippen LogP contribution in [0.25, 0.3) is 21.5 Å². The van der Waals surface area contributed by atoms with Crippen LogP contribution in [-0.4, -0.2) is 183 Å². The maximum absolute atomic E-state index is 13.0. The molecule has 1 unspecified atom stereocenters. The summed E-state index contributed by atoms with van der Waals surface area (Å²) in [6.07, 6.45) is 5.81. The lowest BCUT2D eigenvalue weighted by Crippen LogP contribution is -2.32. The van der Waals surface area contributed by atoms with Gasteiger partial charge in [-0.3, -0.25) is 27.8 Å². The van der Waals surface area contributed by atoms with Crippen molar-refractivity contribution >= 4 is 107 Å². The maximum atomic E-state index is 13.0. The molecule has 0 aliphatic carbocycles. The van der Waals surface area contributed by atoms with Crippen LogP contribution >= 0.6 is 0 Å². The summed E-state index contributed by atoms with van der Waals surface area (Å²) in [5.41, 5.74) is 0.0672. The average molecular weight is 1310 g/mol. The van der Waals surface area contributed by atoms with Gasteiger partial charge in [0.25, 0.3) is 52.3 Å². The number of amides is 2. The zero-order valence-corrected chi connectivity index (χ0v) is 52.1. The number of carbonyl (C=O) groups excluding carboxylic acids is 3. The Bertz CT molecular complexity index is 4070. The van der Waals surface area contributed by atoms with Gasteiger partial charge in [-0.15, -0.1) is 5.06 Å². The number of hydrogen-bond donors (Lipinski definition) is 4. The van der Waals surface area contributed by atoms with E-state index in [9.17, 15) is 79.2 Å². The fraction of sp³-hybridized carbons (Fsp3) is 0.455. The Morgan fingerprint density at radius 3 is 1.75 bits per heavy atom. The molecule has 2 amide bonds. The van der Waals surface area contributed by atoms with Gasteiger partial charge in [-0.2, -0.15) is 38.2 Å². The van der Waals surface area contributed by atoms with Crippen molar-refractivity contribution in [1.82, 2.24) is 5.06 Å². The molecule has 1 saturated heterocycles. The second kappa shape index (κ2) is 27.4. The van der Waals surface area contributed by atoms with Crippen LogP contribution in [0, 0.1) is 0 Å². The molecule has 27 nitrogen and oxygen atoms in total. The quantitative estimate of drug-likeness (QED) is 0.0170. The van der Waals surface area contributed by atoms with Gasteiger partial charge in [0.05, 0.1) is 91.7 Å². The summed E-state index contributed by atoms with van der Waals surface area (Å²) in [6, 6.07) is 8.90. The van der Waals surface area contributed by atoms with Gasteiger partial charge in [-0.05, 0) is 99.3 Å². The topological polar surface area (TPSA) is 391 Å². The molecular weight excluding hydrogens is 1250 g/mol. The van der Waals surface area contributed by atoms with Gasteiger partial charge in [0.1, 0.15) is 21.6 Å². The lowest BCUT2D eigenvalue weighted by atomic mass is 9.75. The van der Waals surface area contributed by atoms with Gasteiger partial charge in [0.15, 0.2) is 5.71 Å². The largest absolute Gasteiger partial charge is 0.744 e. The highest BCUT2D eigenvalue weighted by Crippen LogP contribution is 2.54. The number of imide groups is 1. The van der Waals surface area contributed by atoms with Crippen LogP contribution in [0.1, 0.15) is 77.3 Å². The zero-order chi connectivity index (χ0) is 64.1. The number of hydroxylamine groups is 2. The third-order valence-electron chi connectivity index (χ3n) is 14.8. The number of fused-ring (bicyclic) bond motifs is 6. The van der Waals surface area contributed by atoms with Gasteiger partial charge in [0.2, 0.25) is 5.69 Å². The number of ether oxygens (including phenoxy) is 5. The molecule has 4 N–H and O–H groups in total. The number of methoxy groups -OCH3 is 1. The molecule has 3 heterocycles. The smallest absolute Gasteiger partial charge is 0.333 e. The van der Waals surface area contributed by atoms with E-state index in [-0.39, 0.29) is 112 Å². The Balaban J connectivity index is 1.31. The SMILES string of the molecule is COCCOCCOCCOCCOCCN1C(=CC=C(C)C=CC2=[N+](CCCC(=O)ON3C(=O)CCC3=O)c3ccc4c(S(=O)(=O)[O-])cc(S(=O)(=O)O)cc4c3C2(C)C)C(C)(CCCS(=O)(=O)O)c2c1ccc1c(S(=O)(=O)O)cc(S(=O)(=O)O)cc21. The fourth-order valence-electron chi connectivity index (χ4n) is 10.9. The van der Waals surface area contributed by atoms with Crippen LogP contribution in [0.15, 0.2) is 104 Å². The minimum Gasteiger partial charge on any atom is -0.744 e. The number of anilines is 1. The lowest BCUT2D eigenvalue weighted by Gasteiger charge is -2.31. The molecule has 32 heteroatoms. The predicted octanol–water partition coefficient (Wildman–Crippen LogP) is 4.95. The molecule has 0 radical (unpaired) electrons. The number of benzene rings is 4. The Morgan fingerprint density at radius 2 is 1.21 bits per heavy atom. The fourth-order valence-corrected chi connectivity index (χ4v) is 14.1. The monoisotopic (exact) mass is 1310 g/mol. The van der Waals surface area contributed by atoms with Crippen LogP contribution in [0.2, 0.25) is 0 Å². The molecule has 1 atom stereocenters. The Labute approximate surface area is 503 Å². The van der Waals surface area contributed by atoms with Gasteiger partial charge < -0.3 is 38.0 Å². The molecule has 0 spiro atoms. The van der Waals surface area contributed by atoms with Crippen molar-refractivity contribution in [2.45, 2.75) is 96.6 Å². The van der Waals surface area contributed by atoms with Crippen LogP contribution in [0.3, 0.4) is 0 Å². The summed E-state index contributed by atoms with van der Waals surface area (Å²) in [5, 5.41) is 0.0162. The van der Waals surface area contributed by atoms with E-state index >= 15 is 0 Å². The van der Waals surface area contributed by atoms with E-state index in [0.717, 1.165) is 12.1 Å². The first kappa shape index (κ1) is 68.5. The number of rotatable bonds is 31. The highest BCUT2D eigenvalue weighted by atomic mass is 32.2. The van der Waals surface area contributed by atoms with E-state index in [2.05, 4.69) is 0 Å². The molecule has 0 aromatic heterocycles. The van der Waals surface area contributed by atoms with Crippen LogP contribution in [-0.2, 0) is 104 Å². The van der Waals surface area contributed by atoms with Crippen molar-refractivity contribution < 1.29 is 112 Å². The zero-order valence-electron chi connectivity index (χ0n) is 48.0. The number of hydrogen-bond acceptors (Lipinski definition) is 21. The molecule has 3 aliphatic heterocycles. The van der Waals surface area contributed by atoms with E-state index < -0.39 is 105 Å². The first-order chi connectivity index (χ1) is 40.6. The van der Waals surface area contributed by atoms with Crippen molar-refractivity contribution in [1.29, 1.82) is 0 Å². The second-order valence-electron chi connectivity index (χ2n) is 21.3. The van der Waals surface area contributed by atoms with Crippen LogP contribution < -0.4 is 4.90 Å². The Kier molecular flexibility index (Phi) is 21.6. The molecule has 0 saturated carbocycles. The average Bonchev–Trinajstić information content (AvgIpc) is 1.63. The molecule has 1 fully saturated rings. The molecule has 4 aromatic carbocycles. The van der Waals surface area contributed by atoms with E-state index in [1.807, 2.05) is 0 Å². The van der Waals surface area contributed by atoms with Crippen molar-refractivity contribution in [2.75, 3.05) is 90.3 Å². The minimum absolute atomic E-state index is 0.00622. The van der Waals surface area contributed by atoms with E-state index in [1.165, 1.54) is 24.3 Å². The molecule has 3 aliphatic rings. The highest BCUT2D eigenvalue weighted by molar-refractivity contribution is 7.87. The molecular formula is C55H67N3O24S5. The maximum Gasteiger partial charge on any atom is 0.333 e. The van der Waals surface area contributed by atoms with E-state index in [4.69, 9.17) is 28.5 Å². The summed E-state index contributed by atoms with van der Waals surface area (Å²) in [5.74, 6) is -3.02. The van der Waals surface area contributed by atoms with Gasteiger partial charge >= 0.3 is 5.97 Å². The Hall–Kier alpha value is -5.95. The predicted molar refractivity (Wildman–Crippen MR) is 311 cm³/mol. The van der Waals surface area contributed by atoms with Crippen molar-refractivity contribution in [3.05, 3.63) is 95.2 Å². The van der Waals surface area contributed by atoms with Gasteiger partial charge in [-0.25, -0.2) is 13.2 Å². The number of nitrogens with zero attached hydrogens (tertiary/aromatic N) is 3. The summed E-state index contributed by atoms with van der Waals surface area (Å²) in [4.78, 5) is 40.8. The van der Waals surface area contributed by atoms with E-state index in [0.29, 0.717) is 77.5 Å². The summed E-state index contributed by atoms with van der Waals surface area (Å²) >= 11 is 0. The molecule has 476 valence electrons. The first-order valence-electron chi connectivity index (χ1n) is 27.0. The third-order valence-corrected chi connectivity index (χ3v) is 19.1. The molecule has 0 bridgehead atoms. The summed E-state index contributed by atoms with van der Waals surface area (Å²) < 4.78 is 209. The second-order valence-corrected chi connectivity index (χ2v) is 28.4. The van der Waals surface area contributed by atoms with E-state index in [1.54, 1.807) is 68.6 Å². The van der Waals surface area contributed by atoms with Crippen LogP contribution in [0.5, 0.6) is 0 Å². The van der Waals surface area contributed by atoms with Gasteiger partial charge in [-0.1, -0.05) is 23.8 Å². The summed E-state index contributed by atoms with van der Waals surface area (Å²) in [6.45, 7) is 9.28. The normalized spacial score (nSPS) is 18.1. The van der Waals surface area contributed by atoms with Crippen molar-refractivity contribution in [2.24, 2.45) is 0 Å². The van der Waals surface area contributed by atoms with Crippen molar-refractivity contribution in [3.63, 3.8) is 0 Å². The molecule has 7 rings (SSSR count). The third kappa shape index (κ3) is 16.3. The highest BCUT2D eigenvalue weighted by Gasteiger charge is 2.47.